The smallest absolute Gasteiger partial charge is 0.295 e. The molecule has 2 heterocycles. The number of nitrogens with zero attached hydrogens (tertiary/aromatic N) is 4. The van der Waals surface area contributed by atoms with Gasteiger partial charge in [-0.15, -0.1) is 0 Å². The quantitative estimate of drug-likeness (QED) is 0.539. The predicted molar refractivity (Wildman–Crippen MR) is 116 cm³/mol. The molecule has 0 saturated carbocycles. The van der Waals surface area contributed by atoms with Gasteiger partial charge in [-0.3, -0.25) is 9.59 Å². The fourth-order valence-corrected chi connectivity index (χ4v) is 3.52. The van der Waals surface area contributed by atoms with Crippen molar-refractivity contribution in [2.45, 2.75) is 33.9 Å². The number of fused-ring (bicyclic) bond motifs is 1. The molecule has 0 fully saturated rings. The lowest BCUT2D eigenvalue weighted by Gasteiger charge is -2.08. The first-order valence-corrected chi connectivity index (χ1v) is 9.88. The van der Waals surface area contributed by atoms with E-state index in [9.17, 15) is 14.0 Å². The Morgan fingerprint density at radius 3 is 2.35 bits per heavy atom. The highest BCUT2D eigenvalue weighted by Gasteiger charge is 2.18. The van der Waals surface area contributed by atoms with E-state index < -0.39 is 5.56 Å². The van der Waals surface area contributed by atoms with Gasteiger partial charge in [0.25, 0.3) is 5.56 Å². The van der Waals surface area contributed by atoms with Crippen LogP contribution in [0.2, 0.25) is 0 Å². The van der Waals surface area contributed by atoms with Gasteiger partial charge >= 0.3 is 0 Å². The number of carbonyl (C=O) groups is 1. The number of amides is 1. The van der Waals surface area contributed by atoms with Crippen molar-refractivity contribution in [3.8, 4) is 5.69 Å². The van der Waals surface area contributed by atoms with E-state index in [1.54, 1.807) is 23.7 Å². The third-order valence-electron chi connectivity index (χ3n) is 5.16. The maximum Gasteiger partial charge on any atom is 0.295 e. The molecule has 0 unspecified atom stereocenters. The van der Waals surface area contributed by atoms with Crippen molar-refractivity contribution in [2.24, 2.45) is 0 Å². The van der Waals surface area contributed by atoms with Crippen LogP contribution >= 0.6 is 0 Å². The van der Waals surface area contributed by atoms with Gasteiger partial charge in [0.05, 0.1) is 22.5 Å². The number of hydrogen-bond donors (Lipinski definition) is 1. The molecule has 0 atom stereocenters. The molecule has 0 saturated heterocycles. The molecule has 8 heteroatoms. The van der Waals surface area contributed by atoms with Gasteiger partial charge in [-0.25, -0.2) is 13.8 Å². The normalized spacial score (nSPS) is 11.1. The van der Waals surface area contributed by atoms with Crippen molar-refractivity contribution >= 4 is 16.8 Å². The fourth-order valence-electron chi connectivity index (χ4n) is 3.52. The molecule has 7 nitrogen and oxygen atoms in total. The van der Waals surface area contributed by atoms with Crippen molar-refractivity contribution in [3.05, 3.63) is 87.2 Å². The number of aryl methyl sites for hydroxylation is 3. The summed E-state index contributed by atoms with van der Waals surface area (Å²) < 4.78 is 15.8. The topological polar surface area (TPSA) is 81.8 Å². The molecule has 0 bridgehead atoms. The lowest BCUT2D eigenvalue weighted by atomic mass is 10.2. The van der Waals surface area contributed by atoms with Crippen LogP contribution in [-0.2, 0) is 17.9 Å². The van der Waals surface area contributed by atoms with Crippen LogP contribution in [0.4, 0.5) is 4.39 Å². The van der Waals surface area contributed by atoms with Gasteiger partial charge in [-0.2, -0.15) is 10.2 Å². The Bertz CT molecular complexity index is 1320. The minimum atomic E-state index is -0.425. The van der Waals surface area contributed by atoms with Crippen LogP contribution in [0.15, 0.2) is 53.3 Å². The minimum Gasteiger partial charge on any atom is -0.350 e. The van der Waals surface area contributed by atoms with Gasteiger partial charge in [0.1, 0.15) is 12.4 Å². The number of nitrogens with one attached hydrogen (secondary N) is 1. The third kappa shape index (κ3) is 4.09. The highest BCUT2D eigenvalue weighted by atomic mass is 19.1. The lowest BCUT2D eigenvalue weighted by Crippen LogP contribution is -2.34. The second kappa shape index (κ2) is 8.14. The molecular formula is C23H22FN5O2. The van der Waals surface area contributed by atoms with Gasteiger partial charge in [0.2, 0.25) is 5.91 Å². The van der Waals surface area contributed by atoms with E-state index in [1.807, 2.05) is 38.1 Å². The fraction of sp³-hybridized carbons (Fsp3) is 0.217. The summed E-state index contributed by atoms with van der Waals surface area (Å²) in [6.45, 7) is 5.69. The second-order valence-electron chi connectivity index (χ2n) is 7.51. The summed E-state index contributed by atoms with van der Waals surface area (Å²) in [7, 11) is 0. The Balaban J connectivity index is 1.61. The molecule has 4 aromatic rings. The molecule has 158 valence electrons. The number of rotatable bonds is 5. The summed E-state index contributed by atoms with van der Waals surface area (Å²) in [6, 6.07) is 13.7. The minimum absolute atomic E-state index is 0.229. The van der Waals surface area contributed by atoms with E-state index in [0.717, 1.165) is 27.2 Å². The summed E-state index contributed by atoms with van der Waals surface area (Å²) >= 11 is 0. The van der Waals surface area contributed by atoms with E-state index in [4.69, 9.17) is 0 Å². The number of hydrogen-bond acceptors (Lipinski definition) is 4. The monoisotopic (exact) mass is 419 g/mol. The molecule has 0 aliphatic rings. The highest BCUT2D eigenvalue weighted by molar-refractivity contribution is 5.83. The van der Waals surface area contributed by atoms with Crippen LogP contribution in [0.5, 0.6) is 0 Å². The first-order chi connectivity index (χ1) is 14.8. The van der Waals surface area contributed by atoms with Crippen LogP contribution in [0.3, 0.4) is 0 Å². The van der Waals surface area contributed by atoms with Crippen LogP contribution in [0, 0.1) is 26.6 Å². The summed E-state index contributed by atoms with van der Waals surface area (Å²) in [5.74, 6) is -0.706. The average molecular weight is 419 g/mol. The number of carbonyl (C=O) groups excluding carboxylic acids is 1. The number of aromatic nitrogens is 4. The van der Waals surface area contributed by atoms with Crippen LogP contribution in [0.1, 0.15) is 22.5 Å². The van der Waals surface area contributed by atoms with Crippen LogP contribution < -0.4 is 10.9 Å². The van der Waals surface area contributed by atoms with Crippen molar-refractivity contribution in [3.63, 3.8) is 0 Å². The van der Waals surface area contributed by atoms with Gasteiger partial charge in [-0.05, 0) is 50.6 Å². The van der Waals surface area contributed by atoms with E-state index >= 15 is 0 Å². The molecule has 31 heavy (non-hydrogen) atoms. The molecule has 0 radical (unpaired) electrons. The molecule has 1 amide bonds. The van der Waals surface area contributed by atoms with Crippen molar-refractivity contribution < 1.29 is 9.18 Å². The molecule has 2 aromatic carbocycles. The van der Waals surface area contributed by atoms with Gasteiger partial charge in [0.15, 0.2) is 5.52 Å². The SMILES string of the molecule is Cc1ccc(-n2nc3c(=O)n(CC(=O)NCc4ccc(F)cc4)nc(C)c3c2C)cc1. The van der Waals surface area contributed by atoms with E-state index in [1.165, 1.54) is 12.1 Å². The standard InChI is InChI=1S/C23H22FN5O2/c1-14-4-10-19(11-5-14)29-16(3)21-15(2)26-28(23(31)22(21)27-29)13-20(30)25-12-17-6-8-18(24)9-7-17/h4-11H,12-13H2,1-3H3,(H,25,30). The zero-order valence-corrected chi connectivity index (χ0v) is 17.5. The Morgan fingerprint density at radius 1 is 1.00 bits per heavy atom. The molecule has 0 spiro atoms. The Kier molecular flexibility index (Phi) is 5.37. The average Bonchev–Trinajstić information content (AvgIpc) is 3.10. The summed E-state index contributed by atoms with van der Waals surface area (Å²) in [5, 5.41) is 12.3. The van der Waals surface area contributed by atoms with Crippen molar-refractivity contribution in [1.29, 1.82) is 0 Å². The highest BCUT2D eigenvalue weighted by Crippen LogP contribution is 2.21. The molecule has 0 aliphatic carbocycles. The Labute approximate surface area is 178 Å². The van der Waals surface area contributed by atoms with E-state index in [-0.39, 0.29) is 30.3 Å². The maximum absolute atomic E-state index is 13.0. The number of halogens is 1. The summed E-state index contributed by atoms with van der Waals surface area (Å²) in [4.78, 5) is 25.3. The van der Waals surface area contributed by atoms with E-state index in [2.05, 4.69) is 15.5 Å². The Hall–Kier alpha value is -3.81. The zero-order chi connectivity index (χ0) is 22.1. The summed E-state index contributed by atoms with van der Waals surface area (Å²) in [5.41, 5.74) is 4.02. The predicted octanol–water partition coefficient (Wildman–Crippen LogP) is 2.96. The third-order valence-corrected chi connectivity index (χ3v) is 5.16. The lowest BCUT2D eigenvalue weighted by molar-refractivity contribution is -0.122. The number of benzene rings is 2. The second-order valence-corrected chi connectivity index (χ2v) is 7.51. The molecular weight excluding hydrogens is 397 g/mol. The first-order valence-electron chi connectivity index (χ1n) is 9.88. The zero-order valence-electron chi connectivity index (χ0n) is 17.5. The van der Waals surface area contributed by atoms with Crippen LogP contribution in [-0.4, -0.2) is 25.5 Å². The van der Waals surface area contributed by atoms with Crippen LogP contribution in [0.25, 0.3) is 16.6 Å². The van der Waals surface area contributed by atoms with Crippen molar-refractivity contribution in [1.82, 2.24) is 24.9 Å². The largest absolute Gasteiger partial charge is 0.350 e. The molecule has 0 aliphatic heterocycles. The van der Waals surface area contributed by atoms with E-state index in [0.29, 0.717) is 11.1 Å². The maximum atomic E-state index is 13.0. The van der Waals surface area contributed by atoms with Gasteiger partial charge in [-0.1, -0.05) is 29.8 Å². The summed E-state index contributed by atoms with van der Waals surface area (Å²) in [6.07, 6.45) is 0. The molecule has 4 rings (SSSR count). The molecule has 1 N–H and O–H groups in total. The first kappa shape index (κ1) is 20.5. The van der Waals surface area contributed by atoms with Gasteiger partial charge < -0.3 is 5.32 Å². The van der Waals surface area contributed by atoms with Crippen molar-refractivity contribution in [2.75, 3.05) is 0 Å². The molecule has 2 aromatic heterocycles. The van der Waals surface area contributed by atoms with Gasteiger partial charge in [0, 0.05) is 6.54 Å². The Morgan fingerprint density at radius 2 is 1.68 bits per heavy atom.